The van der Waals surface area contributed by atoms with Gasteiger partial charge in [0.2, 0.25) is 0 Å². The van der Waals surface area contributed by atoms with Crippen molar-refractivity contribution in [1.82, 2.24) is 20.8 Å². The zero-order valence-corrected chi connectivity index (χ0v) is 8.74. The molecule has 4 N–H and O–H groups in total. The minimum Gasteiger partial charge on any atom is -0.379 e. The molecule has 0 aliphatic rings. The summed E-state index contributed by atoms with van der Waals surface area (Å²) in [5.41, 5.74) is 8.42. The molecule has 88 valence electrons. The highest BCUT2D eigenvalue weighted by Gasteiger charge is 2.12. The van der Waals surface area contributed by atoms with Crippen LogP contribution in [0.25, 0.3) is 0 Å². The van der Waals surface area contributed by atoms with Crippen LogP contribution in [-0.2, 0) is 6.54 Å². The number of aliphatic imine (C=N–C) groups is 1. The van der Waals surface area contributed by atoms with Crippen LogP contribution in [0, 0.1) is 0 Å². The number of nitrogens with one attached hydrogen (secondary N) is 1. The van der Waals surface area contributed by atoms with Gasteiger partial charge >= 0.3 is 0 Å². The Morgan fingerprint density at radius 3 is 3.00 bits per heavy atom. The molecule has 0 aromatic carbocycles. The van der Waals surface area contributed by atoms with Crippen LogP contribution in [0.5, 0.6) is 0 Å². The maximum absolute atomic E-state index is 8.94. The molecule has 17 heavy (non-hydrogen) atoms. The van der Waals surface area contributed by atoms with Crippen molar-refractivity contribution in [1.29, 1.82) is 0 Å². The minimum absolute atomic E-state index is 0.0523. The largest absolute Gasteiger partial charge is 0.379 e. The van der Waals surface area contributed by atoms with Gasteiger partial charge in [-0.25, -0.2) is 4.63 Å². The number of nitrogens with two attached hydrogens (primary N) is 1. The van der Waals surface area contributed by atoms with Gasteiger partial charge in [-0.3, -0.25) is 20.7 Å². The SMILES string of the molecule is Nc1nonc1C(=NCc1cccnc1)NO. The summed E-state index contributed by atoms with van der Waals surface area (Å²) in [5.74, 6) is 0.143. The van der Waals surface area contributed by atoms with Gasteiger partial charge < -0.3 is 5.73 Å². The summed E-state index contributed by atoms with van der Waals surface area (Å²) in [6.45, 7) is 0.322. The van der Waals surface area contributed by atoms with Crippen LogP contribution in [0.2, 0.25) is 0 Å². The lowest BCUT2D eigenvalue weighted by molar-refractivity contribution is 0.233. The lowest BCUT2D eigenvalue weighted by Crippen LogP contribution is -2.22. The highest BCUT2D eigenvalue weighted by Crippen LogP contribution is 2.06. The Kier molecular flexibility index (Phi) is 3.26. The van der Waals surface area contributed by atoms with Gasteiger partial charge in [-0.15, -0.1) is 0 Å². The quantitative estimate of drug-likeness (QED) is 0.387. The topological polar surface area (TPSA) is 122 Å². The zero-order chi connectivity index (χ0) is 12.1. The van der Waals surface area contributed by atoms with Crippen molar-refractivity contribution in [3.63, 3.8) is 0 Å². The van der Waals surface area contributed by atoms with E-state index in [9.17, 15) is 0 Å². The Morgan fingerprint density at radius 2 is 2.41 bits per heavy atom. The van der Waals surface area contributed by atoms with E-state index in [1.165, 1.54) is 0 Å². The number of aromatic nitrogens is 3. The van der Waals surface area contributed by atoms with Crippen LogP contribution in [0.15, 0.2) is 34.1 Å². The number of hydrogen-bond acceptors (Lipinski definition) is 7. The molecule has 0 bridgehead atoms. The zero-order valence-electron chi connectivity index (χ0n) is 8.74. The van der Waals surface area contributed by atoms with Crippen molar-refractivity contribution in [2.75, 3.05) is 5.73 Å². The highest BCUT2D eigenvalue weighted by atomic mass is 16.6. The van der Waals surface area contributed by atoms with E-state index in [0.29, 0.717) is 6.54 Å². The molecule has 0 radical (unpaired) electrons. The smallest absolute Gasteiger partial charge is 0.199 e. The fourth-order valence-electron chi connectivity index (χ4n) is 1.18. The molecule has 0 spiro atoms. The van der Waals surface area contributed by atoms with Gasteiger partial charge in [-0.05, 0) is 21.9 Å². The lowest BCUT2D eigenvalue weighted by atomic mass is 10.3. The Hall–Kier alpha value is -2.48. The number of amidine groups is 1. The average molecular weight is 234 g/mol. The second kappa shape index (κ2) is 5.03. The van der Waals surface area contributed by atoms with Gasteiger partial charge in [0.25, 0.3) is 0 Å². The predicted molar refractivity (Wildman–Crippen MR) is 58.1 cm³/mol. The first kappa shape index (κ1) is 11.0. The van der Waals surface area contributed by atoms with Crippen LogP contribution >= 0.6 is 0 Å². The van der Waals surface area contributed by atoms with Crippen molar-refractivity contribution >= 4 is 11.7 Å². The number of pyridine rings is 1. The summed E-state index contributed by atoms with van der Waals surface area (Å²) < 4.78 is 4.41. The highest BCUT2D eigenvalue weighted by molar-refractivity contribution is 5.99. The summed E-state index contributed by atoms with van der Waals surface area (Å²) in [6.07, 6.45) is 3.33. The first-order chi connectivity index (χ1) is 8.31. The van der Waals surface area contributed by atoms with E-state index in [1.807, 2.05) is 11.5 Å². The molecule has 0 saturated carbocycles. The van der Waals surface area contributed by atoms with E-state index in [0.717, 1.165) is 5.56 Å². The number of nitrogens with zero attached hydrogens (tertiary/aromatic N) is 4. The lowest BCUT2D eigenvalue weighted by Gasteiger charge is -2.01. The van der Waals surface area contributed by atoms with Gasteiger partial charge in [0.15, 0.2) is 17.3 Å². The number of hydroxylamine groups is 1. The standard InChI is InChI=1S/C9H10N6O2/c10-8-7(14-17-15-8)9(13-16)12-5-6-2-1-3-11-4-6/h1-4,16H,5H2,(H2,10,15)(H,12,13). The van der Waals surface area contributed by atoms with E-state index in [2.05, 4.69) is 24.9 Å². The number of rotatable bonds is 3. The van der Waals surface area contributed by atoms with Crippen molar-refractivity contribution in [2.24, 2.45) is 4.99 Å². The van der Waals surface area contributed by atoms with Crippen LogP contribution in [0.3, 0.4) is 0 Å². The molecular weight excluding hydrogens is 224 g/mol. The van der Waals surface area contributed by atoms with Crippen molar-refractivity contribution in [2.45, 2.75) is 6.54 Å². The molecule has 0 aliphatic heterocycles. The minimum atomic E-state index is 0.0523. The number of nitrogen functional groups attached to an aromatic ring is 1. The fraction of sp³-hybridized carbons (Fsp3) is 0.111. The Labute approximate surface area is 96.1 Å². The Bertz CT molecular complexity index is 509. The molecule has 0 saturated heterocycles. The van der Waals surface area contributed by atoms with E-state index in [-0.39, 0.29) is 17.3 Å². The van der Waals surface area contributed by atoms with Crippen molar-refractivity contribution in [3.05, 3.63) is 35.8 Å². The monoisotopic (exact) mass is 234 g/mol. The molecule has 2 rings (SSSR count). The van der Waals surface area contributed by atoms with Gasteiger partial charge in [0, 0.05) is 12.4 Å². The fourth-order valence-corrected chi connectivity index (χ4v) is 1.18. The van der Waals surface area contributed by atoms with E-state index < -0.39 is 0 Å². The number of hydrogen-bond donors (Lipinski definition) is 3. The molecule has 0 atom stereocenters. The van der Waals surface area contributed by atoms with Crippen molar-refractivity contribution < 1.29 is 9.84 Å². The second-order valence-electron chi connectivity index (χ2n) is 3.14. The molecule has 0 aliphatic carbocycles. The van der Waals surface area contributed by atoms with E-state index in [1.54, 1.807) is 18.5 Å². The third-order valence-corrected chi connectivity index (χ3v) is 1.99. The van der Waals surface area contributed by atoms with Gasteiger partial charge in [-0.2, -0.15) is 0 Å². The molecule has 0 fully saturated rings. The maximum Gasteiger partial charge on any atom is 0.199 e. The molecule has 8 nitrogen and oxygen atoms in total. The van der Waals surface area contributed by atoms with Crippen LogP contribution < -0.4 is 11.2 Å². The summed E-state index contributed by atoms with van der Waals surface area (Å²) in [5, 5.41) is 15.8. The summed E-state index contributed by atoms with van der Waals surface area (Å²) in [7, 11) is 0. The van der Waals surface area contributed by atoms with E-state index >= 15 is 0 Å². The summed E-state index contributed by atoms with van der Waals surface area (Å²) in [4.78, 5) is 8.03. The van der Waals surface area contributed by atoms with Crippen molar-refractivity contribution in [3.8, 4) is 0 Å². The Balaban J connectivity index is 2.17. The third kappa shape index (κ3) is 2.55. The Morgan fingerprint density at radius 1 is 1.53 bits per heavy atom. The average Bonchev–Trinajstić information content (AvgIpc) is 2.78. The van der Waals surface area contributed by atoms with Gasteiger partial charge in [0.1, 0.15) is 0 Å². The molecule has 0 amide bonds. The molecule has 0 unspecified atom stereocenters. The van der Waals surface area contributed by atoms with Crippen LogP contribution in [0.1, 0.15) is 11.3 Å². The summed E-state index contributed by atoms with van der Waals surface area (Å²) in [6, 6.07) is 3.65. The number of anilines is 1. The molecular formula is C9H10N6O2. The normalized spacial score (nSPS) is 11.5. The van der Waals surface area contributed by atoms with Crippen LogP contribution in [0.4, 0.5) is 5.82 Å². The predicted octanol–water partition coefficient (Wildman–Crippen LogP) is -0.0276. The molecule has 8 heteroatoms. The maximum atomic E-state index is 8.94. The van der Waals surface area contributed by atoms with Crippen LogP contribution in [-0.4, -0.2) is 26.3 Å². The molecule has 2 aromatic heterocycles. The molecule has 2 heterocycles. The first-order valence-corrected chi connectivity index (χ1v) is 4.73. The first-order valence-electron chi connectivity index (χ1n) is 4.73. The summed E-state index contributed by atoms with van der Waals surface area (Å²) >= 11 is 0. The van der Waals surface area contributed by atoms with Gasteiger partial charge in [0.05, 0.1) is 6.54 Å². The molecule has 2 aromatic rings. The van der Waals surface area contributed by atoms with E-state index in [4.69, 9.17) is 10.9 Å². The third-order valence-electron chi connectivity index (χ3n) is 1.99. The van der Waals surface area contributed by atoms with Gasteiger partial charge in [-0.1, -0.05) is 6.07 Å². The second-order valence-corrected chi connectivity index (χ2v) is 3.14.